The predicted octanol–water partition coefficient (Wildman–Crippen LogP) is 1.96. The minimum atomic E-state index is 0.514. The Morgan fingerprint density at radius 1 is 1.29 bits per heavy atom. The Bertz CT molecular complexity index is 347. The highest BCUT2D eigenvalue weighted by molar-refractivity contribution is 5.50. The molecule has 1 atom stereocenters. The minimum Gasteiger partial charge on any atom is -0.388 e. The van der Waals surface area contributed by atoms with Gasteiger partial charge in [-0.1, -0.05) is 18.2 Å². The molecule has 3 N–H and O–H groups in total. The Morgan fingerprint density at radius 2 is 2.06 bits per heavy atom. The van der Waals surface area contributed by atoms with Gasteiger partial charge in [-0.05, 0) is 31.4 Å². The molecule has 0 saturated heterocycles. The van der Waals surface area contributed by atoms with Crippen molar-refractivity contribution in [3.63, 3.8) is 0 Å². The molecule has 0 spiro atoms. The van der Waals surface area contributed by atoms with E-state index in [4.69, 9.17) is 0 Å². The maximum absolute atomic E-state index is 3.55. The summed E-state index contributed by atoms with van der Waals surface area (Å²) in [5.74, 6) is 0. The first-order chi connectivity index (χ1) is 8.29. The van der Waals surface area contributed by atoms with Crippen LogP contribution in [0.4, 0.5) is 5.69 Å². The third-order valence-electron chi connectivity index (χ3n) is 3.22. The van der Waals surface area contributed by atoms with E-state index >= 15 is 0 Å². The highest BCUT2D eigenvalue weighted by Crippen LogP contribution is 2.18. The van der Waals surface area contributed by atoms with Gasteiger partial charge in [-0.3, -0.25) is 0 Å². The number of hydrogen-bond donors (Lipinski definition) is 3. The number of anilines is 1. The van der Waals surface area contributed by atoms with E-state index < -0.39 is 0 Å². The van der Waals surface area contributed by atoms with Gasteiger partial charge in [0.2, 0.25) is 0 Å². The molecule has 0 aliphatic heterocycles. The zero-order valence-electron chi connectivity index (χ0n) is 10.8. The molecule has 3 heteroatoms. The van der Waals surface area contributed by atoms with Crippen LogP contribution in [-0.2, 0) is 6.54 Å². The van der Waals surface area contributed by atoms with E-state index in [1.165, 1.54) is 24.1 Å². The van der Waals surface area contributed by atoms with Gasteiger partial charge in [0.1, 0.15) is 0 Å². The van der Waals surface area contributed by atoms with Crippen molar-refractivity contribution in [2.45, 2.75) is 38.4 Å². The van der Waals surface area contributed by atoms with Crippen molar-refractivity contribution in [1.29, 1.82) is 0 Å². The Hall–Kier alpha value is -1.06. The molecule has 1 aliphatic carbocycles. The van der Waals surface area contributed by atoms with Crippen LogP contribution in [0, 0.1) is 0 Å². The zero-order chi connectivity index (χ0) is 12.1. The van der Waals surface area contributed by atoms with Gasteiger partial charge >= 0.3 is 0 Å². The minimum absolute atomic E-state index is 0.514. The van der Waals surface area contributed by atoms with Crippen molar-refractivity contribution in [1.82, 2.24) is 10.6 Å². The van der Waals surface area contributed by atoms with Crippen LogP contribution in [-0.4, -0.2) is 25.7 Å². The molecule has 0 amide bonds. The lowest BCUT2D eigenvalue weighted by atomic mass is 10.1. The normalized spacial score (nSPS) is 16.8. The molecule has 0 heterocycles. The zero-order valence-corrected chi connectivity index (χ0v) is 10.8. The summed E-state index contributed by atoms with van der Waals surface area (Å²) in [6.07, 6.45) is 2.71. The van der Waals surface area contributed by atoms with Crippen LogP contribution in [0.1, 0.15) is 25.3 Å². The largest absolute Gasteiger partial charge is 0.388 e. The molecule has 2 rings (SSSR count). The average Bonchev–Trinajstić information content (AvgIpc) is 3.18. The van der Waals surface area contributed by atoms with Crippen LogP contribution in [0.2, 0.25) is 0 Å². The molecule has 17 heavy (non-hydrogen) atoms. The first-order valence-corrected chi connectivity index (χ1v) is 6.52. The summed E-state index contributed by atoms with van der Waals surface area (Å²) in [5, 5.41) is 10.3. The third kappa shape index (κ3) is 4.02. The highest BCUT2D eigenvalue weighted by Gasteiger charge is 2.20. The van der Waals surface area contributed by atoms with Crippen molar-refractivity contribution >= 4 is 5.69 Å². The second-order valence-corrected chi connectivity index (χ2v) is 4.87. The molecule has 1 unspecified atom stereocenters. The van der Waals surface area contributed by atoms with Crippen molar-refractivity contribution in [2.24, 2.45) is 0 Å². The highest BCUT2D eigenvalue weighted by atomic mass is 15.0. The molecular weight excluding hydrogens is 210 g/mol. The molecule has 1 aromatic rings. The summed E-state index contributed by atoms with van der Waals surface area (Å²) in [7, 11) is 1.97. The van der Waals surface area contributed by atoms with Gasteiger partial charge in [-0.2, -0.15) is 0 Å². The maximum atomic E-state index is 3.55. The Morgan fingerprint density at radius 3 is 2.76 bits per heavy atom. The quantitative estimate of drug-likeness (QED) is 0.674. The smallest absolute Gasteiger partial charge is 0.0383 e. The summed E-state index contributed by atoms with van der Waals surface area (Å²) < 4.78 is 0. The number of para-hydroxylation sites is 1. The fraction of sp³-hybridized carbons (Fsp3) is 0.571. The fourth-order valence-corrected chi connectivity index (χ4v) is 1.91. The Balaban J connectivity index is 1.75. The molecular formula is C14H23N3. The standard InChI is InChI=1S/C14H23N3/c1-11(9-17-13-7-8-13)16-10-12-5-3-4-6-14(12)15-2/h3-6,11,13,15-17H,7-10H2,1-2H3. The van der Waals surface area contributed by atoms with Gasteiger partial charge in [0.25, 0.3) is 0 Å². The van der Waals surface area contributed by atoms with E-state index in [0.717, 1.165) is 19.1 Å². The number of hydrogen-bond acceptors (Lipinski definition) is 3. The summed E-state index contributed by atoms with van der Waals surface area (Å²) in [5.41, 5.74) is 2.54. The molecule has 0 aromatic heterocycles. The van der Waals surface area contributed by atoms with Crippen molar-refractivity contribution in [2.75, 3.05) is 18.9 Å². The summed E-state index contributed by atoms with van der Waals surface area (Å²) in [6.45, 7) is 4.22. The van der Waals surface area contributed by atoms with E-state index in [9.17, 15) is 0 Å². The van der Waals surface area contributed by atoms with Crippen molar-refractivity contribution in [3.8, 4) is 0 Å². The molecule has 1 aromatic carbocycles. The van der Waals surface area contributed by atoms with Gasteiger partial charge in [-0.15, -0.1) is 0 Å². The first kappa shape index (κ1) is 12.4. The van der Waals surface area contributed by atoms with Crippen LogP contribution in [0.25, 0.3) is 0 Å². The fourth-order valence-electron chi connectivity index (χ4n) is 1.91. The van der Waals surface area contributed by atoms with Gasteiger partial charge in [0, 0.05) is 37.9 Å². The summed E-state index contributed by atoms with van der Waals surface area (Å²) >= 11 is 0. The number of benzene rings is 1. The summed E-state index contributed by atoms with van der Waals surface area (Å²) in [6, 6.07) is 9.74. The lowest BCUT2D eigenvalue weighted by molar-refractivity contribution is 0.500. The van der Waals surface area contributed by atoms with Gasteiger partial charge in [-0.25, -0.2) is 0 Å². The second-order valence-electron chi connectivity index (χ2n) is 4.87. The summed E-state index contributed by atoms with van der Waals surface area (Å²) in [4.78, 5) is 0. The van der Waals surface area contributed by atoms with E-state index in [2.05, 4.69) is 47.1 Å². The lowest BCUT2D eigenvalue weighted by Crippen LogP contribution is -2.36. The monoisotopic (exact) mass is 233 g/mol. The number of nitrogens with one attached hydrogen (secondary N) is 3. The number of rotatable bonds is 7. The van der Waals surface area contributed by atoms with Crippen LogP contribution >= 0.6 is 0 Å². The second kappa shape index (κ2) is 6.03. The van der Waals surface area contributed by atoms with Crippen molar-refractivity contribution < 1.29 is 0 Å². The van der Waals surface area contributed by atoms with E-state index in [1.54, 1.807) is 0 Å². The third-order valence-corrected chi connectivity index (χ3v) is 3.22. The van der Waals surface area contributed by atoms with Crippen LogP contribution in [0.5, 0.6) is 0 Å². The Labute approximate surface area is 104 Å². The topological polar surface area (TPSA) is 36.1 Å². The van der Waals surface area contributed by atoms with E-state index in [0.29, 0.717) is 6.04 Å². The Kier molecular flexibility index (Phi) is 4.40. The average molecular weight is 233 g/mol. The predicted molar refractivity (Wildman–Crippen MR) is 73.3 cm³/mol. The molecule has 94 valence electrons. The molecule has 1 fully saturated rings. The molecule has 1 aliphatic rings. The molecule has 3 nitrogen and oxygen atoms in total. The first-order valence-electron chi connectivity index (χ1n) is 6.52. The van der Waals surface area contributed by atoms with E-state index in [1.807, 2.05) is 7.05 Å². The van der Waals surface area contributed by atoms with Gasteiger partial charge < -0.3 is 16.0 Å². The lowest BCUT2D eigenvalue weighted by Gasteiger charge is -2.16. The van der Waals surface area contributed by atoms with Gasteiger partial charge in [0.05, 0.1) is 0 Å². The van der Waals surface area contributed by atoms with Crippen LogP contribution in [0.3, 0.4) is 0 Å². The SMILES string of the molecule is CNc1ccccc1CNC(C)CNC1CC1. The van der Waals surface area contributed by atoms with Crippen LogP contribution in [0.15, 0.2) is 24.3 Å². The maximum Gasteiger partial charge on any atom is 0.0383 e. The van der Waals surface area contributed by atoms with Crippen molar-refractivity contribution in [3.05, 3.63) is 29.8 Å². The van der Waals surface area contributed by atoms with E-state index in [-0.39, 0.29) is 0 Å². The van der Waals surface area contributed by atoms with Crippen LogP contribution < -0.4 is 16.0 Å². The molecule has 0 bridgehead atoms. The molecule has 0 radical (unpaired) electrons. The van der Waals surface area contributed by atoms with Gasteiger partial charge in [0.15, 0.2) is 0 Å². The molecule has 1 saturated carbocycles.